The topological polar surface area (TPSA) is 26.0 Å². The Morgan fingerprint density at radius 3 is 2.11 bits per heavy atom. The maximum Gasteiger partial charge on any atom is 0.416 e. The molecule has 0 fully saturated rings. The smallest absolute Gasteiger partial charge is 0.320 e. The lowest BCUT2D eigenvalue weighted by Crippen LogP contribution is -2.12. The molecule has 0 radical (unpaired) electrons. The Bertz CT molecular complexity index is 578. The lowest BCUT2D eigenvalue weighted by Gasteiger charge is -2.13. The molecule has 1 aromatic carbocycles. The van der Waals surface area contributed by atoms with Crippen LogP contribution in [0.3, 0.4) is 0 Å². The van der Waals surface area contributed by atoms with Gasteiger partial charge >= 0.3 is 6.18 Å². The fourth-order valence-electron chi connectivity index (χ4n) is 1.62. The molecule has 19 heavy (non-hydrogen) atoms. The van der Waals surface area contributed by atoms with E-state index >= 15 is 0 Å². The summed E-state index contributed by atoms with van der Waals surface area (Å²) in [6.07, 6.45) is -4.36. The number of halogens is 5. The number of benzene rings is 1. The average molecular weight is 326 g/mol. The highest BCUT2D eigenvalue weighted by molar-refractivity contribution is 7.20. The molecule has 7 heteroatoms. The Morgan fingerprint density at radius 1 is 1.11 bits per heavy atom. The molecule has 0 saturated carbocycles. The van der Waals surface area contributed by atoms with E-state index < -0.39 is 17.8 Å². The van der Waals surface area contributed by atoms with Gasteiger partial charge in [-0.15, -0.1) is 11.3 Å². The second kappa shape index (κ2) is 5.32. The Morgan fingerprint density at radius 2 is 1.68 bits per heavy atom. The first-order chi connectivity index (χ1) is 8.79. The average Bonchev–Trinajstić information content (AvgIpc) is 2.66. The van der Waals surface area contributed by atoms with Crippen molar-refractivity contribution in [2.45, 2.75) is 12.2 Å². The third-order valence-corrected chi connectivity index (χ3v) is 4.13. The predicted octanol–water partition coefficient (Wildman–Crippen LogP) is 5.12. The quantitative estimate of drug-likeness (QED) is 0.814. The van der Waals surface area contributed by atoms with Crippen LogP contribution in [0.1, 0.15) is 22.7 Å². The Labute approximate surface area is 121 Å². The van der Waals surface area contributed by atoms with Crippen LogP contribution < -0.4 is 5.73 Å². The molecule has 1 heterocycles. The molecule has 2 aromatic rings. The van der Waals surface area contributed by atoms with Crippen molar-refractivity contribution in [3.63, 3.8) is 0 Å². The van der Waals surface area contributed by atoms with Gasteiger partial charge in [0.2, 0.25) is 0 Å². The second-order valence-electron chi connectivity index (χ2n) is 3.88. The standard InChI is InChI=1S/C12H8Cl2F3NS/c13-9-5-8(11(14)19-9)10(18)6-1-3-7(4-2-6)12(15,16)17/h1-5,10H,18H2. The lowest BCUT2D eigenvalue weighted by molar-refractivity contribution is -0.137. The molecule has 1 atom stereocenters. The predicted molar refractivity (Wildman–Crippen MR) is 71.8 cm³/mol. The van der Waals surface area contributed by atoms with Crippen LogP contribution in [0.2, 0.25) is 8.67 Å². The molecule has 0 saturated heterocycles. The normalized spacial score (nSPS) is 13.6. The highest BCUT2D eigenvalue weighted by atomic mass is 35.5. The van der Waals surface area contributed by atoms with Crippen molar-refractivity contribution in [1.29, 1.82) is 0 Å². The molecule has 1 nitrogen and oxygen atoms in total. The Hall–Kier alpha value is -0.750. The van der Waals surface area contributed by atoms with Crippen molar-refractivity contribution in [2.24, 2.45) is 5.73 Å². The van der Waals surface area contributed by atoms with Crippen molar-refractivity contribution in [1.82, 2.24) is 0 Å². The van der Waals surface area contributed by atoms with E-state index in [4.69, 9.17) is 28.9 Å². The summed E-state index contributed by atoms with van der Waals surface area (Å²) in [4.78, 5) is 0. The van der Waals surface area contributed by atoms with Crippen LogP contribution in [-0.4, -0.2) is 0 Å². The lowest BCUT2D eigenvalue weighted by atomic mass is 10.0. The van der Waals surface area contributed by atoms with Crippen LogP contribution in [0.4, 0.5) is 13.2 Å². The van der Waals surface area contributed by atoms with E-state index in [0.717, 1.165) is 12.1 Å². The molecule has 0 aliphatic carbocycles. The van der Waals surface area contributed by atoms with Gasteiger partial charge in [0.1, 0.15) is 0 Å². The van der Waals surface area contributed by atoms with Gasteiger partial charge in [0.15, 0.2) is 0 Å². The van der Waals surface area contributed by atoms with Gasteiger partial charge in [-0.05, 0) is 23.8 Å². The molecule has 0 aliphatic rings. The van der Waals surface area contributed by atoms with Crippen LogP contribution in [0, 0.1) is 0 Å². The maximum absolute atomic E-state index is 12.4. The van der Waals surface area contributed by atoms with Crippen molar-refractivity contribution in [3.8, 4) is 0 Å². The van der Waals surface area contributed by atoms with Crippen LogP contribution in [0.25, 0.3) is 0 Å². The van der Waals surface area contributed by atoms with Crippen molar-refractivity contribution in [3.05, 3.63) is 55.7 Å². The largest absolute Gasteiger partial charge is 0.416 e. The van der Waals surface area contributed by atoms with Crippen LogP contribution in [-0.2, 0) is 6.18 Å². The van der Waals surface area contributed by atoms with Crippen molar-refractivity contribution < 1.29 is 13.2 Å². The highest BCUT2D eigenvalue weighted by Gasteiger charge is 2.30. The van der Waals surface area contributed by atoms with Gasteiger partial charge in [-0.2, -0.15) is 13.2 Å². The molecule has 102 valence electrons. The Kier molecular flexibility index (Phi) is 4.11. The summed E-state index contributed by atoms with van der Waals surface area (Å²) < 4.78 is 38.3. The first kappa shape index (κ1) is 14.7. The molecule has 0 amide bonds. The van der Waals surface area contributed by atoms with E-state index in [1.807, 2.05) is 0 Å². The van der Waals surface area contributed by atoms with Gasteiger partial charge < -0.3 is 5.73 Å². The van der Waals surface area contributed by atoms with Gasteiger partial charge in [-0.25, -0.2) is 0 Å². The van der Waals surface area contributed by atoms with Gasteiger partial charge in [-0.1, -0.05) is 35.3 Å². The monoisotopic (exact) mass is 325 g/mol. The fourth-order valence-corrected chi connectivity index (χ4v) is 3.17. The minimum Gasteiger partial charge on any atom is -0.320 e. The first-order valence-electron chi connectivity index (χ1n) is 5.16. The van der Waals surface area contributed by atoms with Gasteiger partial charge in [-0.3, -0.25) is 0 Å². The molecule has 0 aliphatic heterocycles. The summed E-state index contributed by atoms with van der Waals surface area (Å²) >= 11 is 13.0. The van der Waals surface area contributed by atoms with Crippen LogP contribution in [0.5, 0.6) is 0 Å². The molecular formula is C12H8Cl2F3NS. The van der Waals surface area contributed by atoms with E-state index in [1.165, 1.54) is 23.5 Å². The summed E-state index contributed by atoms with van der Waals surface area (Å²) in [5, 5.41) is 0. The minimum absolute atomic E-state index is 0.442. The number of nitrogens with two attached hydrogens (primary N) is 1. The van der Waals surface area contributed by atoms with E-state index in [-0.39, 0.29) is 0 Å². The zero-order chi connectivity index (χ0) is 14.2. The zero-order valence-corrected chi connectivity index (χ0v) is 11.7. The van der Waals surface area contributed by atoms with Crippen molar-refractivity contribution in [2.75, 3.05) is 0 Å². The van der Waals surface area contributed by atoms with Gasteiger partial charge in [0.05, 0.1) is 20.3 Å². The van der Waals surface area contributed by atoms with E-state index in [2.05, 4.69) is 0 Å². The number of rotatable bonds is 2. The van der Waals surface area contributed by atoms with E-state index in [1.54, 1.807) is 6.07 Å². The Balaban J connectivity index is 2.30. The molecule has 2 rings (SSSR count). The molecule has 1 unspecified atom stereocenters. The number of thiophene rings is 1. The molecule has 0 bridgehead atoms. The molecular weight excluding hydrogens is 318 g/mol. The van der Waals surface area contributed by atoms with Gasteiger partial charge in [0, 0.05) is 5.56 Å². The summed E-state index contributed by atoms with van der Waals surface area (Å²) in [7, 11) is 0. The third-order valence-electron chi connectivity index (χ3n) is 2.62. The van der Waals surface area contributed by atoms with Crippen LogP contribution >= 0.6 is 34.5 Å². The zero-order valence-electron chi connectivity index (χ0n) is 9.34. The summed E-state index contributed by atoms with van der Waals surface area (Å²) in [5.41, 5.74) is 6.42. The summed E-state index contributed by atoms with van der Waals surface area (Å²) in [6.45, 7) is 0. The van der Waals surface area contributed by atoms with Crippen LogP contribution in [0.15, 0.2) is 30.3 Å². The summed E-state index contributed by atoms with van der Waals surface area (Å²) in [6, 6.07) is 5.70. The molecule has 0 spiro atoms. The summed E-state index contributed by atoms with van der Waals surface area (Å²) in [5.74, 6) is 0. The van der Waals surface area contributed by atoms with Gasteiger partial charge in [0.25, 0.3) is 0 Å². The number of hydrogen-bond acceptors (Lipinski definition) is 2. The molecule has 2 N–H and O–H groups in total. The van der Waals surface area contributed by atoms with E-state index in [9.17, 15) is 13.2 Å². The molecule has 1 aromatic heterocycles. The fraction of sp³-hybridized carbons (Fsp3) is 0.167. The number of hydrogen-bond donors (Lipinski definition) is 1. The van der Waals surface area contributed by atoms with E-state index in [0.29, 0.717) is 19.8 Å². The first-order valence-corrected chi connectivity index (χ1v) is 6.73. The third kappa shape index (κ3) is 3.23. The number of alkyl halides is 3. The minimum atomic E-state index is -4.36. The van der Waals surface area contributed by atoms with Crippen molar-refractivity contribution >= 4 is 34.5 Å². The SMILES string of the molecule is NC(c1ccc(C(F)(F)F)cc1)c1cc(Cl)sc1Cl. The second-order valence-corrected chi connectivity index (χ2v) is 6.16. The maximum atomic E-state index is 12.4. The highest BCUT2D eigenvalue weighted by Crippen LogP contribution is 2.37.